The van der Waals surface area contributed by atoms with Gasteiger partial charge in [-0.2, -0.15) is 5.10 Å². The second-order valence-corrected chi connectivity index (χ2v) is 7.50. The van der Waals surface area contributed by atoms with Gasteiger partial charge in [-0.15, -0.1) is 24.0 Å². The predicted octanol–water partition coefficient (Wildman–Crippen LogP) is 3.74. The maximum absolute atomic E-state index is 5.98. The van der Waals surface area contributed by atoms with Crippen LogP contribution >= 0.6 is 24.0 Å². The highest BCUT2D eigenvalue weighted by Crippen LogP contribution is 2.30. The topological polar surface area (TPSA) is 72.7 Å². The minimum absolute atomic E-state index is 0. The Kier molecular flexibility index (Phi) is 8.78. The fourth-order valence-corrected chi connectivity index (χ4v) is 3.53. The van der Waals surface area contributed by atoms with E-state index in [0.29, 0.717) is 13.2 Å². The van der Waals surface area contributed by atoms with Gasteiger partial charge in [0.2, 0.25) is 0 Å². The SMILES string of the molecule is CN=C(NCCCc1cn(-c2ccccc2)nc1C)NCC1COc2ccccc2O1.I. The number of fused-ring (bicyclic) bond motifs is 1. The zero-order chi connectivity index (χ0) is 21.5. The smallest absolute Gasteiger partial charge is 0.191 e. The average molecular weight is 547 g/mol. The number of hydrogen-bond acceptors (Lipinski definition) is 4. The summed E-state index contributed by atoms with van der Waals surface area (Å²) in [7, 11) is 1.77. The number of halogens is 1. The molecule has 0 spiro atoms. The quantitative estimate of drug-likeness (QED) is 0.204. The lowest BCUT2D eigenvalue weighted by Crippen LogP contribution is -2.45. The number of aryl methyl sites for hydroxylation is 2. The molecule has 2 aromatic carbocycles. The van der Waals surface area contributed by atoms with Crippen LogP contribution in [0, 0.1) is 6.92 Å². The summed E-state index contributed by atoms with van der Waals surface area (Å²) in [6.07, 6.45) is 4.01. The van der Waals surface area contributed by atoms with Gasteiger partial charge < -0.3 is 20.1 Å². The van der Waals surface area contributed by atoms with Crippen molar-refractivity contribution in [1.29, 1.82) is 0 Å². The molecule has 0 saturated carbocycles. The van der Waals surface area contributed by atoms with Gasteiger partial charge in [-0.1, -0.05) is 30.3 Å². The van der Waals surface area contributed by atoms with Crippen molar-refractivity contribution in [1.82, 2.24) is 20.4 Å². The molecule has 170 valence electrons. The van der Waals surface area contributed by atoms with Crippen LogP contribution in [-0.4, -0.2) is 48.6 Å². The van der Waals surface area contributed by atoms with Gasteiger partial charge in [-0.3, -0.25) is 4.99 Å². The van der Waals surface area contributed by atoms with E-state index < -0.39 is 0 Å². The van der Waals surface area contributed by atoms with Crippen LogP contribution in [0.25, 0.3) is 5.69 Å². The molecule has 0 bridgehead atoms. The lowest BCUT2D eigenvalue weighted by molar-refractivity contribution is 0.0936. The minimum atomic E-state index is -0.0556. The summed E-state index contributed by atoms with van der Waals surface area (Å²) in [5.74, 6) is 2.35. The van der Waals surface area contributed by atoms with Crippen molar-refractivity contribution in [2.24, 2.45) is 4.99 Å². The van der Waals surface area contributed by atoms with Crippen molar-refractivity contribution in [2.45, 2.75) is 25.9 Å². The molecule has 0 amide bonds. The molecule has 0 fully saturated rings. The van der Waals surface area contributed by atoms with E-state index in [0.717, 1.165) is 48.2 Å². The maximum atomic E-state index is 5.98. The van der Waals surface area contributed by atoms with E-state index in [1.165, 1.54) is 5.56 Å². The Hall–Kier alpha value is -2.75. The third-order valence-corrected chi connectivity index (χ3v) is 5.22. The Morgan fingerprint density at radius 3 is 2.62 bits per heavy atom. The average Bonchev–Trinajstić information content (AvgIpc) is 3.19. The summed E-state index contributed by atoms with van der Waals surface area (Å²) < 4.78 is 13.7. The van der Waals surface area contributed by atoms with Crippen LogP contribution in [0.1, 0.15) is 17.7 Å². The van der Waals surface area contributed by atoms with Gasteiger partial charge in [0.25, 0.3) is 0 Å². The highest BCUT2D eigenvalue weighted by atomic mass is 127. The summed E-state index contributed by atoms with van der Waals surface area (Å²) in [5.41, 5.74) is 3.41. The van der Waals surface area contributed by atoms with Crippen LogP contribution in [0.2, 0.25) is 0 Å². The molecule has 4 rings (SSSR count). The number of hydrogen-bond donors (Lipinski definition) is 2. The zero-order valence-electron chi connectivity index (χ0n) is 18.5. The molecule has 0 saturated heterocycles. The van der Waals surface area contributed by atoms with Crippen molar-refractivity contribution < 1.29 is 9.47 Å². The zero-order valence-corrected chi connectivity index (χ0v) is 20.8. The fraction of sp³-hybridized carbons (Fsp3) is 0.333. The molecule has 2 heterocycles. The molecule has 7 nitrogen and oxygen atoms in total. The molecule has 0 aliphatic carbocycles. The van der Waals surface area contributed by atoms with E-state index in [-0.39, 0.29) is 30.1 Å². The van der Waals surface area contributed by atoms with E-state index in [2.05, 4.69) is 46.0 Å². The fourth-order valence-electron chi connectivity index (χ4n) is 3.53. The van der Waals surface area contributed by atoms with Crippen LogP contribution in [0.4, 0.5) is 0 Å². The van der Waals surface area contributed by atoms with E-state index in [1.54, 1.807) is 7.05 Å². The molecule has 1 aliphatic rings. The number of ether oxygens (including phenoxy) is 2. The van der Waals surface area contributed by atoms with Crippen molar-refractivity contribution in [2.75, 3.05) is 26.7 Å². The van der Waals surface area contributed by atoms with Gasteiger partial charge in [0.15, 0.2) is 17.5 Å². The van der Waals surface area contributed by atoms with Gasteiger partial charge in [-0.25, -0.2) is 4.68 Å². The van der Waals surface area contributed by atoms with E-state index in [1.807, 2.05) is 47.1 Å². The third kappa shape index (κ3) is 6.15. The Labute approximate surface area is 206 Å². The summed E-state index contributed by atoms with van der Waals surface area (Å²) in [6.45, 7) is 4.02. The van der Waals surface area contributed by atoms with Crippen molar-refractivity contribution in [3.8, 4) is 17.2 Å². The summed E-state index contributed by atoms with van der Waals surface area (Å²) >= 11 is 0. The van der Waals surface area contributed by atoms with Gasteiger partial charge in [0.1, 0.15) is 12.7 Å². The first kappa shape index (κ1) is 23.9. The van der Waals surface area contributed by atoms with Gasteiger partial charge in [0.05, 0.1) is 17.9 Å². The number of aliphatic imine (C=N–C) groups is 1. The Morgan fingerprint density at radius 2 is 1.84 bits per heavy atom. The monoisotopic (exact) mass is 547 g/mol. The molecule has 32 heavy (non-hydrogen) atoms. The molecule has 1 atom stereocenters. The van der Waals surface area contributed by atoms with Crippen LogP contribution in [0.3, 0.4) is 0 Å². The summed E-state index contributed by atoms with van der Waals surface area (Å²) in [5, 5.41) is 11.3. The molecular formula is C24H30IN5O2. The standard InChI is InChI=1S/C24H29N5O2.HI/c1-18-19(16-29(28-18)20-10-4-3-5-11-20)9-8-14-26-24(25-2)27-15-21-17-30-22-12-6-7-13-23(22)31-21;/h3-7,10-13,16,21H,8-9,14-15,17H2,1-2H3,(H2,25,26,27);1H. The number of guanidine groups is 1. The Morgan fingerprint density at radius 1 is 1.09 bits per heavy atom. The Bertz CT molecular complexity index is 1020. The molecule has 3 aromatic rings. The number of nitrogens with one attached hydrogen (secondary N) is 2. The van der Waals surface area contributed by atoms with Gasteiger partial charge in [0, 0.05) is 19.8 Å². The molecule has 0 radical (unpaired) electrons. The normalized spacial score (nSPS) is 15.1. The van der Waals surface area contributed by atoms with Gasteiger partial charge in [-0.05, 0) is 49.6 Å². The number of aromatic nitrogens is 2. The highest BCUT2D eigenvalue weighted by molar-refractivity contribution is 14.0. The third-order valence-electron chi connectivity index (χ3n) is 5.22. The van der Waals surface area contributed by atoms with Crippen LogP contribution in [0.5, 0.6) is 11.5 Å². The van der Waals surface area contributed by atoms with Crippen LogP contribution < -0.4 is 20.1 Å². The highest BCUT2D eigenvalue weighted by Gasteiger charge is 2.20. The second kappa shape index (κ2) is 11.8. The van der Waals surface area contributed by atoms with Crippen LogP contribution in [-0.2, 0) is 6.42 Å². The largest absolute Gasteiger partial charge is 0.486 e. The first-order valence-corrected chi connectivity index (χ1v) is 10.7. The number of para-hydroxylation sites is 3. The number of benzene rings is 2. The molecule has 1 aromatic heterocycles. The maximum Gasteiger partial charge on any atom is 0.191 e. The second-order valence-electron chi connectivity index (χ2n) is 7.50. The summed E-state index contributed by atoms with van der Waals surface area (Å²) in [6, 6.07) is 17.9. The van der Waals surface area contributed by atoms with Crippen molar-refractivity contribution in [3.63, 3.8) is 0 Å². The lowest BCUT2D eigenvalue weighted by atomic mass is 10.1. The van der Waals surface area contributed by atoms with E-state index in [9.17, 15) is 0 Å². The van der Waals surface area contributed by atoms with Crippen LogP contribution in [0.15, 0.2) is 65.8 Å². The Balaban J connectivity index is 0.00000289. The van der Waals surface area contributed by atoms with Gasteiger partial charge >= 0.3 is 0 Å². The molecule has 2 N–H and O–H groups in total. The molecule has 8 heteroatoms. The first-order chi connectivity index (χ1) is 15.2. The van der Waals surface area contributed by atoms with Crippen molar-refractivity contribution >= 4 is 29.9 Å². The number of nitrogens with zero attached hydrogens (tertiary/aromatic N) is 3. The number of rotatable bonds is 7. The summed E-state index contributed by atoms with van der Waals surface area (Å²) in [4.78, 5) is 4.30. The molecular weight excluding hydrogens is 517 g/mol. The van der Waals surface area contributed by atoms with Crippen molar-refractivity contribution in [3.05, 3.63) is 72.1 Å². The van der Waals surface area contributed by atoms with E-state index in [4.69, 9.17) is 9.47 Å². The molecule has 1 unspecified atom stereocenters. The molecule has 1 aliphatic heterocycles. The minimum Gasteiger partial charge on any atom is -0.486 e. The first-order valence-electron chi connectivity index (χ1n) is 10.7. The predicted molar refractivity (Wildman–Crippen MR) is 138 cm³/mol. The lowest BCUT2D eigenvalue weighted by Gasteiger charge is -2.27. The van der Waals surface area contributed by atoms with E-state index >= 15 is 0 Å².